The zero-order chi connectivity index (χ0) is 12.4. The van der Waals surface area contributed by atoms with Crippen molar-refractivity contribution in [3.05, 3.63) is 34.6 Å². The van der Waals surface area contributed by atoms with Gasteiger partial charge in [0.1, 0.15) is 6.33 Å². The minimum absolute atomic E-state index is 0.283. The molecule has 0 bridgehead atoms. The number of aryl methyl sites for hydroxylation is 1. The third-order valence-electron chi connectivity index (χ3n) is 2.12. The van der Waals surface area contributed by atoms with Gasteiger partial charge in [-0.3, -0.25) is 10.1 Å². The molecule has 0 spiro atoms. The van der Waals surface area contributed by atoms with E-state index in [-0.39, 0.29) is 5.91 Å². The fourth-order valence-electron chi connectivity index (χ4n) is 1.33. The molecule has 0 saturated heterocycles. The molecule has 0 aliphatic heterocycles. The average Bonchev–Trinajstić information content (AvgIpc) is 2.63. The quantitative estimate of drug-likeness (QED) is 0.820. The second-order valence-corrected chi connectivity index (χ2v) is 4.35. The van der Waals surface area contributed by atoms with Gasteiger partial charge < -0.3 is 5.73 Å². The van der Waals surface area contributed by atoms with Crippen molar-refractivity contribution >= 4 is 33.5 Å². The van der Waals surface area contributed by atoms with Crippen molar-refractivity contribution in [1.29, 1.82) is 0 Å². The van der Waals surface area contributed by atoms with Crippen molar-refractivity contribution in [3.8, 4) is 0 Å². The lowest BCUT2D eigenvalue weighted by molar-refractivity contribution is 0.102. The largest absolute Gasteiger partial charge is 0.399 e. The van der Waals surface area contributed by atoms with Crippen molar-refractivity contribution < 1.29 is 4.79 Å². The first-order chi connectivity index (χ1) is 8.06. The van der Waals surface area contributed by atoms with E-state index < -0.39 is 0 Å². The Hall–Kier alpha value is -1.89. The monoisotopic (exact) mass is 295 g/mol. The second kappa shape index (κ2) is 4.54. The predicted octanol–water partition coefficient (Wildman–Crippen LogP) is 1.41. The van der Waals surface area contributed by atoms with Gasteiger partial charge in [0, 0.05) is 22.8 Å². The van der Waals surface area contributed by atoms with Crippen LogP contribution in [-0.4, -0.2) is 20.7 Å². The molecule has 0 unspecified atom stereocenters. The third kappa shape index (κ3) is 2.62. The molecule has 2 aromatic rings. The maximum atomic E-state index is 11.9. The van der Waals surface area contributed by atoms with E-state index in [0.29, 0.717) is 17.2 Å². The van der Waals surface area contributed by atoms with Crippen LogP contribution in [-0.2, 0) is 7.05 Å². The third-order valence-corrected chi connectivity index (χ3v) is 2.58. The van der Waals surface area contributed by atoms with E-state index in [1.54, 1.807) is 25.2 Å². The highest BCUT2D eigenvalue weighted by Gasteiger charge is 2.10. The van der Waals surface area contributed by atoms with Crippen LogP contribution < -0.4 is 11.1 Å². The van der Waals surface area contributed by atoms with E-state index in [1.165, 1.54) is 11.0 Å². The Morgan fingerprint density at radius 1 is 1.47 bits per heavy atom. The summed E-state index contributed by atoms with van der Waals surface area (Å²) in [7, 11) is 1.69. The van der Waals surface area contributed by atoms with Crippen LogP contribution in [0.2, 0.25) is 0 Å². The van der Waals surface area contributed by atoms with Crippen LogP contribution in [0.15, 0.2) is 29.0 Å². The second-order valence-electron chi connectivity index (χ2n) is 3.43. The molecule has 1 heterocycles. The van der Waals surface area contributed by atoms with Crippen molar-refractivity contribution in [1.82, 2.24) is 14.8 Å². The summed E-state index contributed by atoms with van der Waals surface area (Å²) < 4.78 is 2.22. The lowest BCUT2D eigenvalue weighted by Gasteiger charge is -2.05. The van der Waals surface area contributed by atoms with Crippen LogP contribution in [0.3, 0.4) is 0 Å². The standard InChI is InChI=1S/C10H10BrN5O/c1-16-10(13-5-14-16)15-9(17)6-2-7(11)4-8(12)3-6/h2-5H,12H2,1H3,(H,13,14,15,17). The van der Waals surface area contributed by atoms with E-state index in [0.717, 1.165) is 4.47 Å². The van der Waals surface area contributed by atoms with Gasteiger partial charge in [-0.05, 0) is 18.2 Å². The Labute approximate surface area is 106 Å². The Morgan fingerprint density at radius 2 is 2.24 bits per heavy atom. The van der Waals surface area contributed by atoms with E-state index in [9.17, 15) is 4.79 Å². The maximum absolute atomic E-state index is 11.9. The Bertz CT molecular complexity index is 545. The summed E-state index contributed by atoms with van der Waals surface area (Å²) in [6.45, 7) is 0. The van der Waals surface area contributed by atoms with Crippen LogP contribution in [0.4, 0.5) is 11.6 Å². The molecule has 0 fully saturated rings. The highest BCUT2D eigenvalue weighted by Crippen LogP contribution is 2.18. The van der Waals surface area contributed by atoms with Gasteiger partial charge >= 0.3 is 0 Å². The highest BCUT2D eigenvalue weighted by atomic mass is 79.9. The molecule has 2 rings (SSSR count). The molecule has 7 heteroatoms. The number of nitrogens with two attached hydrogens (primary N) is 1. The van der Waals surface area contributed by atoms with E-state index in [1.807, 2.05) is 0 Å². The first-order valence-electron chi connectivity index (χ1n) is 4.77. The van der Waals surface area contributed by atoms with Gasteiger partial charge in [-0.25, -0.2) is 4.68 Å². The van der Waals surface area contributed by atoms with Gasteiger partial charge in [-0.1, -0.05) is 15.9 Å². The Balaban J connectivity index is 2.23. The zero-order valence-electron chi connectivity index (χ0n) is 9.01. The van der Waals surface area contributed by atoms with Crippen LogP contribution in [0, 0.1) is 0 Å². The van der Waals surface area contributed by atoms with Gasteiger partial charge in [0.05, 0.1) is 0 Å². The topological polar surface area (TPSA) is 85.8 Å². The number of nitrogens with zero attached hydrogens (tertiary/aromatic N) is 3. The molecular weight excluding hydrogens is 286 g/mol. The number of benzene rings is 1. The van der Waals surface area contributed by atoms with Crippen molar-refractivity contribution in [3.63, 3.8) is 0 Å². The number of hydrogen-bond acceptors (Lipinski definition) is 4. The number of carbonyl (C=O) groups is 1. The highest BCUT2D eigenvalue weighted by molar-refractivity contribution is 9.10. The lowest BCUT2D eigenvalue weighted by atomic mass is 10.2. The van der Waals surface area contributed by atoms with Crippen molar-refractivity contribution in [2.24, 2.45) is 7.05 Å². The summed E-state index contributed by atoms with van der Waals surface area (Å²) in [6, 6.07) is 5.00. The number of aromatic nitrogens is 3. The number of rotatable bonds is 2. The van der Waals surface area contributed by atoms with E-state index in [4.69, 9.17) is 5.73 Å². The number of amides is 1. The first-order valence-corrected chi connectivity index (χ1v) is 5.57. The molecule has 0 saturated carbocycles. The molecule has 0 aliphatic carbocycles. The summed E-state index contributed by atoms with van der Waals surface area (Å²) in [5, 5.41) is 6.49. The van der Waals surface area contributed by atoms with Crippen LogP contribution >= 0.6 is 15.9 Å². The summed E-state index contributed by atoms with van der Waals surface area (Å²) in [6.07, 6.45) is 1.37. The Morgan fingerprint density at radius 3 is 2.82 bits per heavy atom. The minimum atomic E-state index is -0.283. The van der Waals surface area contributed by atoms with Crippen LogP contribution in [0.25, 0.3) is 0 Å². The number of halogens is 1. The molecule has 1 aromatic heterocycles. The summed E-state index contributed by atoms with van der Waals surface area (Å²) in [5.41, 5.74) is 6.63. The molecule has 1 amide bonds. The summed E-state index contributed by atoms with van der Waals surface area (Å²) in [5.74, 6) is 0.0997. The average molecular weight is 296 g/mol. The zero-order valence-corrected chi connectivity index (χ0v) is 10.6. The van der Waals surface area contributed by atoms with E-state index in [2.05, 4.69) is 31.3 Å². The fraction of sp³-hybridized carbons (Fsp3) is 0.100. The molecule has 88 valence electrons. The smallest absolute Gasteiger partial charge is 0.258 e. The molecule has 0 aliphatic rings. The summed E-state index contributed by atoms with van der Waals surface area (Å²) >= 11 is 3.28. The number of nitrogens with one attached hydrogen (secondary N) is 1. The number of anilines is 2. The van der Waals surface area contributed by atoms with E-state index >= 15 is 0 Å². The summed E-state index contributed by atoms with van der Waals surface area (Å²) in [4.78, 5) is 15.8. The molecular formula is C10H10BrN5O. The van der Waals surface area contributed by atoms with Gasteiger partial charge in [0.15, 0.2) is 0 Å². The molecule has 3 N–H and O–H groups in total. The van der Waals surface area contributed by atoms with Gasteiger partial charge in [0.25, 0.3) is 5.91 Å². The lowest BCUT2D eigenvalue weighted by Crippen LogP contribution is -2.15. The number of nitrogen functional groups attached to an aromatic ring is 1. The van der Waals surface area contributed by atoms with Crippen molar-refractivity contribution in [2.75, 3.05) is 11.1 Å². The molecule has 0 radical (unpaired) electrons. The minimum Gasteiger partial charge on any atom is -0.399 e. The molecule has 6 nitrogen and oxygen atoms in total. The predicted molar refractivity (Wildman–Crippen MR) is 67.5 cm³/mol. The SMILES string of the molecule is Cn1ncnc1NC(=O)c1cc(N)cc(Br)c1. The molecule has 17 heavy (non-hydrogen) atoms. The number of hydrogen-bond donors (Lipinski definition) is 2. The van der Waals surface area contributed by atoms with Gasteiger partial charge in [-0.15, -0.1) is 0 Å². The first kappa shape index (κ1) is 11.6. The van der Waals surface area contributed by atoms with Crippen LogP contribution in [0.5, 0.6) is 0 Å². The Kier molecular flexibility index (Phi) is 3.10. The molecule has 1 aromatic carbocycles. The maximum Gasteiger partial charge on any atom is 0.258 e. The molecule has 0 atom stereocenters. The van der Waals surface area contributed by atoms with Gasteiger partial charge in [-0.2, -0.15) is 10.1 Å². The fourth-order valence-corrected chi connectivity index (χ4v) is 1.84. The van der Waals surface area contributed by atoms with Gasteiger partial charge in [0.2, 0.25) is 5.95 Å². The normalized spacial score (nSPS) is 10.2. The number of carbonyl (C=O) groups excluding carboxylic acids is 1. The van der Waals surface area contributed by atoms with Crippen molar-refractivity contribution in [2.45, 2.75) is 0 Å². The van der Waals surface area contributed by atoms with Crippen LogP contribution in [0.1, 0.15) is 10.4 Å².